The number of piperidine rings is 1. The Hall–Kier alpha value is -2.98. The van der Waals surface area contributed by atoms with Crippen molar-refractivity contribution < 1.29 is 14.7 Å². The maximum absolute atomic E-state index is 12.6. The molecule has 0 spiro atoms. The molecule has 33 heavy (non-hydrogen) atoms. The van der Waals surface area contributed by atoms with Gasteiger partial charge in [0.1, 0.15) is 5.82 Å². The molecule has 178 valence electrons. The number of fused-ring (bicyclic) bond motifs is 1. The van der Waals surface area contributed by atoms with Crippen molar-refractivity contribution in [3.8, 4) is 0 Å². The Balaban J connectivity index is 1.23. The predicted molar refractivity (Wildman–Crippen MR) is 124 cm³/mol. The van der Waals surface area contributed by atoms with Crippen molar-refractivity contribution in [1.29, 1.82) is 0 Å². The zero-order chi connectivity index (χ0) is 23.4. The Morgan fingerprint density at radius 2 is 2.03 bits per heavy atom. The molecular formula is C23H33N7O3. The van der Waals surface area contributed by atoms with Crippen LogP contribution in [-0.2, 0) is 24.8 Å². The summed E-state index contributed by atoms with van der Waals surface area (Å²) in [6.45, 7) is 5.29. The highest BCUT2D eigenvalue weighted by atomic mass is 16.3. The Morgan fingerprint density at radius 1 is 1.24 bits per heavy atom. The van der Waals surface area contributed by atoms with Gasteiger partial charge in [-0.25, -0.2) is 9.97 Å². The highest BCUT2D eigenvalue weighted by molar-refractivity contribution is 5.94. The third-order valence-electron chi connectivity index (χ3n) is 6.47. The molecule has 0 aromatic carbocycles. The first-order chi connectivity index (χ1) is 15.9. The van der Waals surface area contributed by atoms with E-state index in [0.29, 0.717) is 24.5 Å². The zero-order valence-electron chi connectivity index (χ0n) is 19.3. The first-order valence-electron chi connectivity index (χ1n) is 11.5. The van der Waals surface area contributed by atoms with E-state index >= 15 is 0 Å². The van der Waals surface area contributed by atoms with Gasteiger partial charge in [-0.1, -0.05) is 0 Å². The molecular weight excluding hydrogens is 422 g/mol. The molecule has 2 amide bonds. The van der Waals surface area contributed by atoms with Crippen LogP contribution in [0.1, 0.15) is 41.5 Å². The first kappa shape index (κ1) is 23.2. The van der Waals surface area contributed by atoms with E-state index < -0.39 is 6.10 Å². The molecule has 1 atom stereocenters. The number of rotatable bonds is 7. The highest BCUT2D eigenvalue weighted by Crippen LogP contribution is 2.18. The second-order valence-corrected chi connectivity index (χ2v) is 8.95. The van der Waals surface area contributed by atoms with E-state index in [1.54, 1.807) is 25.3 Å². The largest absolute Gasteiger partial charge is 0.390 e. The van der Waals surface area contributed by atoms with Crippen molar-refractivity contribution in [3.05, 3.63) is 41.6 Å². The van der Waals surface area contributed by atoms with Crippen molar-refractivity contribution in [3.63, 3.8) is 0 Å². The van der Waals surface area contributed by atoms with Crippen LogP contribution in [0.5, 0.6) is 0 Å². The number of aliphatic hydroxyl groups is 1. The summed E-state index contributed by atoms with van der Waals surface area (Å²) in [5, 5.41) is 16.6. The smallest absolute Gasteiger partial charge is 0.251 e. The monoisotopic (exact) mass is 455 g/mol. The van der Waals surface area contributed by atoms with Gasteiger partial charge in [-0.05, 0) is 25.0 Å². The van der Waals surface area contributed by atoms with Crippen molar-refractivity contribution in [2.45, 2.75) is 44.9 Å². The summed E-state index contributed by atoms with van der Waals surface area (Å²) >= 11 is 0. The lowest BCUT2D eigenvalue weighted by Crippen LogP contribution is -2.42. The minimum Gasteiger partial charge on any atom is -0.390 e. The van der Waals surface area contributed by atoms with Crippen LogP contribution in [0, 0.1) is 0 Å². The molecule has 0 radical (unpaired) electrons. The second-order valence-electron chi connectivity index (χ2n) is 8.95. The molecule has 10 nitrogen and oxygen atoms in total. The van der Waals surface area contributed by atoms with Crippen LogP contribution in [0.4, 0.5) is 5.82 Å². The molecule has 2 aromatic rings. The average molecular weight is 456 g/mol. The van der Waals surface area contributed by atoms with E-state index in [1.165, 1.54) is 5.69 Å². The number of nitrogens with one attached hydrogen (secondary N) is 2. The van der Waals surface area contributed by atoms with Gasteiger partial charge in [0.25, 0.3) is 5.91 Å². The Labute approximate surface area is 194 Å². The Kier molecular flexibility index (Phi) is 7.24. The number of imidazole rings is 1. The maximum Gasteiger partial charge on any atom is 0.251 e. The number of likely N-dealkylation sites (tertiary alicyclic amines) is 1. The highest BCUT2D eigenvalue weighted by Gasteiger charge is 2.23. The first-order valence-corrected chi connectivity index (χ1v) is 11.5. The second kappa shape index (κ2) is 10.3. The minimum atomic E-state index is -0.662. The van der Waals surface area contributed by atoms with Crippen LogP contribution < -0.4 is 10.6 Å². The third-order valence-corrected chi connectivity index (χ3v) is 6.47. The van der Waals surface area contributed by atoms with Crippen molar-refractivity contribution in [1.82, 2.24) is 29.7 Å². The molecule has 1 unspecified atom stereocenters. The van der Waals surface area contributed by atoms with Gasteiger partial charge in [-0.15, -0.1) is 0 Å². The van der Waals surface area contributed by atoms with E-state index in [9.17, 15) is 14.7 Å². The lowest BCUT2D eigenvalue weighted by atomic mass is 10.0. The molecule has 2 aromatic heterocycles. The van der Waals surface area contributed by atoms with Crippen LogP contribution in [-0.4, -0.2) is 86.1 Å². The summed E-state index contributed by atoms with van der Waals surface area (Å²) in [7, 11) is 2.00. The lowest BCUT2D eigenvalue weighted by molar-refractivity contribution is -0.129. The number of aromatic nitrogens is 3. The zero-order valence-corrected chi connectivity index (χ0v) is 19.3. The standard InChI is InChI=1S/C23H33N7O3/c1-16(31)30-9-4-18(5-10-30)27-22-11-17(3-7-24-22)23(33)25-12-19(32)13-29-8-6-21-20(14-29)26-15-28(21)2/h3,7,11,15,18-19,32H,4-6,8-10,12-14H2,1-2H3,(H,24,27)(H,25,33). The summed E-state index contributed by atoms with van der Waals surface area (Å²) in [6, 6.07) is 3.61. The molecule has 4 heterocycles. The summed E-state index contributed by atoms with van der Waals surface area (Å²) in [6.07, 6.45) is 5.38. The number of β-amino-alcohol motifs (C(OH)–C–C–N with tert-alkyl or cyclic N) is 1. The number of amides is 2. The molecule has 3 N–H and O–H groups in total. The molecule has 0 bridgehead atoms. The Morgan fingerprint density at radius 3 is 2.79 bits per heavy atom. The number of aryl methyl sites for hydroxylation is 1. The number of hydrogen-bond donors (Lipinski definition) is 3. The molecule has 2 aliphatic rings. The molecule has 1 saturated heterocycles. The number of pyridine rings is 1. The van der Waals surface area contributed by atoms with E-state index in [2.05, 4.69) is 30.1 Å². The van der Waals surface area contributed by atoms with Crippen molar-refractivity contribution >= 4 is 17.6 Å². The fraction of sp³-hybridized carbons (Fsp3) is 0.565. The molecule has 0 aliphatic carbocycles. The van der Waals surface area contributed by atoms with E-state index in [4.69, 9.17) is 0 Å². The normalized spacial score (nSPS) is 18.0. The number of carbonyl (C=O) groups is 2. The topological polar surface area (TPSA) is 116 Å². The van der Waals surface area contributed by atoms with Gasteiger partial charge in [-0.3, -0.25) is 14.5 Å². The fourth-order valence-electron chi connectivity index (χ4n) is 4.54. The van der Waals surface area contributed by atoms with Crippen LogP contribution in [0.25, 0.3) is 0 Å². The van der Waals surface area contributed by atoms with Crippen LogP contribution >= 0.6 is 0 Å². The van der Waals surface area contributed by atoms with Gasteiger partial charge in [0, 0.05) is 83.2 Å². The fourth-order valence-corrected chi connectivity index (χ4v) is 4.54. The third kappa shape index (κ3) is 5.88. The van der Waals surface area contributed by atoms with Gasteiger partial charge < -0.3 is 25.2 Å². The van der Waals surface area contributed by atoms with Gasteiger partial charge >= 0.3 is 0 Å². The molecule has 0 saturated carbocycles. The maximum atomic E-state index is 12.6. The number of aliphatic hydroxyl groups excluding tert-OH is 1. The quantitative estimate of drug-likeness (QED) is 0.553. The SMILES string of the molecule is CC(=O)N1CCC(Nc2cc(C(=O)NCC(O)CN3CCc4c(ncn4C)C3)ccn2)CC1. The number of nitrogens with zero attached hydrogens (tertiary/aromatic N) is 5. The number of carbonyl (C=O) groups excluding carboxylic acids is 2. The van der Waals surface area contributed by atoms with Crippen molar-refractivity contribution in [2.75, 3.05) is 38.0 Å². The minimum absolute atomic E-state index is 0.106. The lowest BCUT2D eigenvalue weighted by Gasteiger charge is -2.32. The average Bonchev–Trinajstić information content (AvgIpc) is 3.18. The molecule has 1 fully saturated rings. The number of anilines is 1. The van der Waals surface area contributed by atoms with Gasteiger partial charge in [-0.2, -0.15) is 0 Å². The van der Waals surface area contributed by atoms with Crippen LogP contribution in [0.15, 0.2) is 24.7 Å². The number of hydrogen-bond acceptors (Lipinski definition) is 7. The van der Waals surface area contributed by atoms with Gasteiger partial charge in [0.15, 0.2) is 0 Å². The van der Waals surface area contributed by atoms with E-state index in [1.807, 2.05) is 18.3 Å². The predicted octanol–water partition coefficient (Wildman–Crippen LogP) is 0.387. The van der Waals surface area contributed by atoms with E-state index in [0.717, 1.165) is 44.6 Å². The van der Waals surface area contributed by atoms with Crippen LogP contribution in [0.3, 0.4) is 0 Å². The summed E-state index contributed by atoms with van der Waals surface area (Å²) < 4.78 is 2.05. The van der Waals surface area contributed by atoms with Crippen molar-refractivity contribution in [2.24, 2.45) is 7.05 Å². The molecule has 2 aliphatic heterocycles. The summed E-state index contributed by atoms with van der Waals surface area (Å²) in [4.78, 5) is 36.9. The Bertz CT molecular complexity index is 984. The summed E-state index contributed by atoms with van der Waals surface area (Å²) in [5.74, 6) is 0.509. The molecule has 4 rings (SSSR count). The summed E-state index contributed by atoms with van der Waals surface area (Å²) in [5.41, 5.74) is 2.81. The molecule has 10 heteroatoms. The van der Waals surface area contributed by atoms with E-state index in [-0.39, 0.29) is 24.4 Å². The van der Waals surface area contributed by atoms with Crippen LogP contribution in [0.2, 0.25) is 0 Å². The van der Waals surface area contributed by atoms with Gasteiger partial charge in [0.2, 0.25) is 5.91 Å². The van der Waals surface area contributed by atoms with Gasteiger partial charge in [0.05, 0.1) is 18.1 Å².